The van der Waals surface area contributed by atoms with E-state index in [1.807, 2.05) is 11.4 Å². The van der Waals surface area contributed by atoms with Crippen molar-refractivity contribution in [2.75, 3.05) is 0 Å². The number of rotatable bonds is 2. The van der Waals surface area contributed by atoms with Gasteiger partial charge in [-0.15, -0.1) is 11.3 Å². The normalized spacial score (nSPS) is 10.8. The van der Waals surface area contributed by atoms with Gasteiger partial charge in [-0.3, -0.25) is 0 Å². The Morgan fingerprint density at radius 2 is 2.12 bits per heavy atom. The van der Waals surface area contributed by atoms with E-state index in [1.54, 1.807) is 24.3 Å². The lowest BCUT2D eigenvalue weighted by molar-refractivity contribution is 0.619. The molecule has 0 saturated heterocycles. The second kappa shape index (κ2) is 4.53. The van der Waals surface area contributed by atoms with Crippen molar-refractivity contribution in [3.05, 3.63) is 44.9 Å². The predicted molar refractivity (Wildman–Crippen MR) is 67.4 cm³/mol. The van der Waals surface area contributed by atoms with Crippen molar-refractivity contribution in [1.82, 2.24) is 0 Å². The van der Waals surface area contributed by atoms with E-state index < -0.39 is 0 Å². The minimum absolute atomic E-state index is 0.275. The molecule has 0 aliphatic rings. The van der Waals surface area contributed by atoms with Crippen molar-refractivity contribution in [2.45, 2.75) is 13.5 Å². The molecular weight excluding hydrogens is 245 g/mol. The maximum Gasteiger partial charge on any atom is 0.127 e. The number of hydrogen-bond donors (Lipinski definition) is 1. The summed E-state index contributed by atoms with van der Waals surface area (Å²) in [6.07, 6.45) is 0. The lowest BCUT2D eigenvalue weighted by Crippen LogP contribution is -1.91. The molecule has 84 valence electrons. The maximum absolute atomic E-state index is 13.2. The minimum atomic E-state index is -0.275. The third-order valence-electron chi connectivity index (χ3n) is 2.41. The predicted octanol–water partition coefficient (Wildman–Crippen LogP) is 3.97. The molecule has 0 atom stereocenters. The number of benzene rings is 1. The SMILES string of the molecule is Cc1cc(-c2csc(CN)c2)c(Cl)cc1F. The van der Waals surface area contributed by atoms with Crippen molar-refractivity contribution in [3.63, 3.8) is 0 Å². The van der Waals surface area contributed by atoms with Crippen LogP contribution >= 0.6 is 22.9 Å². The molecule has 1 aromatic heterocycles. The number of thiophene rings is 1. The smallest absolute Gasteiger partial charge is 0.127 e. The standard InChI is InChI=1S/C12H11ClFNS/c1-7-2-10(11(13)4-12(7)14)8-3-9(5-15)16-6-8/h2-4,6H,5,15H2,1H3. The zero-order valence-electron chi connectivity index (χ0n) is 8.76. The summed E-state index contributed by atoms with van der Waals surface area (Å²) in [5.74, 6) is -0.275. The van der Waals surface area contributed by atoms with Crippen LogP contribution in [0.2, 0.25) is 5.02 Å². The summed E-state index contributed by atoms with van der Waals surface area (Å²) in [6, 6.07) is 5.11. The molecule has 0 aliphatic carbocycles. The first-order valence-corrected chi connectivity index (χ1v) is 6.11. The van der Waals surface area contributed by atoms with Gasteiger partial charge < -0.3 is 5.73 Å². The molecule has 0 fully saturated rings. The maximum atomic E-state index is 13.2. The van der Waals surface area contributed by atoms with Gasteiger partial charge in [0.25, 0.3) is 0 Å². The van der Waals surface area contributed by atoms with Crippen LogP contribution in [0.5, 0.6) is 0 Å². The molecule has 0 saturated carbocycles. The summed E-state index contributed by atoms with van der Waals surface area (Å²) in [5.41, 5.74) is 8.00. The van der Waals surface area contributed by atoms with Gasteiger partial charge in [-0.1, -0.05) is 11.6 Å². The van der Waals surface area contributed by atoms with E-state index in [9.17, 15) is 4.39 Å². The Bertz CT molecular complexity index is 522. The molecule has 16 heavy (non-hydrogen) atoms. The average molecular weight is 256 g/mol. The van der Waals surface area contributed by atoms with E-state index in [1.165, 1.54) is 6.07 Å². The highest BCUT2D eigenvalue weighted by Crippen LogP contribution is 2.33. The summed E-state index contributed by atoms with van der Waals surface area (Å²) < 4.78 is 13.2. The van der Waals surface area contributed by atoms with Crippen molar-refractivity contribution in [2.24, 2.45) is 5.73 Å². The number of aryl methyl sites for hydroxylation is 1. The molecule has 0 bridgehead atoms. The topological polar surface area (TPSA) is 26.0 Å². The number of hydrogen-bond acceptors (Lipinski definition) is 2. The van der Waals surface area contributed by atoms with Crippen LogP contribution in [0.4, 0.5) is 4.39 Å². The fraction of sp³-hybridized carbons (Fsp3) is 0.167. The lowest BCUT2D eigenvalue weighted by Gasteiger charge is -2.04. The van der Waals surface area contributed by atoms with Crippen LogP contribution in [0, 0.1) is 12.7 Å². The molecule has 0 spiro atoms. The molecule has 2 aromatic rings. The lowest BCUT2D eigenvalue weighted by atomic mass is 10.1. The van der Waals surface area contributed by atoms with Gasteiger partial charge in [-0.2, -0.15) is 0 Å². The minimum Gasteiger partial charge on any atom is -0.326 e. The van der Waals surface area contributed by atoms with Crippen LogP contribution in [0.15, 0.2) is 23.6 Å². The molecule has 0 amide bonds. The fourth-order valence-corrected chi connectivity index (χ4v) is 2.53. The van der Waals surface area contributed by atoms with Crippen molar-refractivity contribution >= 4 is 22.9 Å². The largest absolute Gasteiger partial charge is 0.326 e. The molecule has 0 radical (unpaired) electrons. The van der Waals surface area contributed by atoms with E-state index in [0.717, 1.165) is 16.0 Å². The molecule has 1 nitrogen and oxygen atoms in total. The van der Waals surface area contributed by atoms with Crippen LogP contribution in [-0.4, -0.2) is 0 Å². The molecule has 0 unspecified atom stereocenters. The Labute approximate surface area is 103 Å². The third-order valence-corrected chi connectivity index (χ3v) is 3.69. The fourth-order valence-electron chi connectivity index (χ4n) is 1.51. The van der Waals surface area contributed by atoms with Gasteiger partial charge >= 0.3 is 0 Å². The Morgan fingerprint density at radius 1 is 1.38 bits per heavy atom. The van der Waals surface area contributed by atoms with Crippen molar-refractivity contribution in [3.8, 4) is 11.1 Å². The van der Waals surface area contributed by atoms with Gasteiger partial charge in [0.1, 0.15) is 5.82 Å². The van der Waals surface area contributed by atoms with E-state index in [0.29, 0.717) is 17.1 Å². The summed E-state index contributed by atoms with van der Waals surface area (Å²) in [6.45, 7) is 2.24. The van der Waals surface area contributed by atoms with Crippen LogP contribution in [-0.2, 0) is 6.54 Å². The Balaban J connectivity index is 2.51. The number of nitrogens with two attached hydrogens (primary N) is 1. The molecule has 2 N–H and O–H groups in total. The first-order valence-electron chi connectivity index (χ1n) is 4.85. The Morgan fingerprint density at radius 3 is 2.75 bits per heavy atom. The first-order chi connectivity index (χ1) is 7.61. The van der Waals surface area contributed by atoms with Gasteiger partial charge in [0.2, 0.25) is 0 Å². The highest BCUT2D eigenvalue weighted by atomic mass is 35.5. The summed E-state index contributed by atoms with van der Waals surface area (Å²) in [7, 11) is 0. The zero-order valence-corrected chi connectivity index (χ0v) is 10.3. The molecule has 1 aromatic carbocycles. The molecule has 0 aliphatic heterocycles. The Kier molecular flexibility index (Phi) is 3.28. The molecular formula is C12H11ClFNS. The summed E-state index contributed by atoms with van der Waals surface area (Å²) in [5, 5.41) is 2.42. The van der Waals surface area contributed by atoms with Crippen LogP contribution in [0.25, 0.3) is 11.1 Å². The highest BCUT2D eigenvalue weighted by Gasteiger charge is 2.09. The first kappa shape index (κ1) is 11.6. The molecule has 1 heterocycles. The second-order valence-corrected chi connectivity index (χ2v) is 4.99. The van der Waals surface area contributed by atoms with Crippen LogP contribution < -0.4 is 5.73 Å². The monoisotopic (exact) mass is 255 g/mol. The highest BCUT2D eigenvalue weighted by molar-refractivity contribution is 7.10. The van der Waals surface area contributed by atoms with E-state index in [2.05, 4.69) is 0 Å². The van der Waals surface area contributed by atoms with Gasteiger partial charge in [0.05, 0.1) is 5.02 Å². The summed E-state index contributed by atoms with van der Waals surface area (Å²) in [4.78, 5) is 1.09. The van der Waals surface area contributed by atoms with Crippen LogP contribution in [0.1, 0.15) is 10.4 Å². The molecule has 4 heteroatoms. The van der Waals surface area contributed by atoms with E-state index in [4.69, 9.17) is 17.3 Å². The average Bonchev–Trinajstić information content (AvgIpc) is 2.71. The van der Waals surface area contributed by atoms with Gasteiger partial charge in [0.15, 0.2) is 0 Å². The van der Waals surface area contributed by atoms with Gasteiger partial charge in [-0.05, 0) is 41.6 Å². The quantitative estimate of drug-likeness (QED) is 0.863. The van der Waals surface area contributed by atoms with Crippen molar-refractivity contribution in [1.29, 1.82) is 0 Å². The van der Waals surface area contributed by atoms with Gasteiger partial charge in [0, 0.05) is 17.0 Å². The third kappa shape index (κ3) is 2.12. The van der Waals surface area contributed by atoms with E-state index in [-0.39, 0.29) is 5.82 Å². The number of halogens is 2. The van der Waals surface area contributed by atoms with Crippen molar-refractivity contribution < 1.29 is 4.39 Å². The molecule has 2 rings (SSSR count). The van der Waals surface area contributed by atoms with E-state index >= 15 is 0 Å². The summed E-state index contributed by atoms with van der Waals surface area (Å²) >= 11 is 7.61. The van der Waals surface area contributed by atoms with Crippen LogP contribution in [0.3, 0.4) is 0 Å². The Hall–Kier alpha value is -0.900. The zero-order chi connectivity index (χ0) is 11.7. The second-order valence-electron chi connectivity index (χ2n) is 3.59. The van der Waals surface area contributed by atoms with Gasteiger partial charge in [-0.25, -0.2) is 4.39 Å².